The van der Waals surface area contributed by atoms with E-state index in [0.717, 1.165) is 0 Å². The fourth-order valence-corrected chi connectivity index (χ4v) is 3.14. The average Bonchev–Trinajstić information content (AvgIpc) is 2.96. The van der Waals surface area contributed by atoms with Gasteiger partial charge in [0.2, 0.25) is 10.0 Å². The molecule has 7 nitrogen and oxygen atoms in total. The molecule has 1 unspecified atom stereocenters. The maximum absolute atomic E-state index is 12.3. The Morgan fingerprint density at radius 3 is 2.45 bits per heavy atom. The van der Waals surface area contributed by atoms with Crippen LogP contribution in [-0.4, -0.2) is 35.3 Å². The molecule has 0 spiro atoms. The monoisotopic (exact) mass is 323 g/mol. The Kier molecular flexibility index (Phi) is 4.62. The standard InChI is InChI=1S/C14H17N3O4S/c1-10(2)13(14(18)19)16-22(20,21)12-8-15-17(9-12)11-6-4-3-5-7-11/h3-10,13,16H,1-2H3,(H,18,19). The van der Waals surface area contributed by atoms with Crippen molar-refractivity contribution in [3.8, 4) is 5.69 Å². The lowest BCUT2D eigenvalue weighted by Crippen LogP contribution is -2.44. The van der Waals surface area contributed by atoms with Crippen LogP contribution in [0.4, 0.5) is 0 Å². The molecule has 2 rings (SSSR count). The number of carboxylic acids is 1. The SMILES string of the molecule is CC(C)C(NS(=O)(=O)c1cnn(-c2ccccc2)c1)C(=O)O. The summed E-state index contributed by atoms with van der Waals surface area (Å²) in [5, 5.41) is 13.1. The Labute approximate surface area is 128 Å². The van der Waals surface area contributed by atoms with E-state index in [-0.39, 0.29) is 10.8 Å². The molecule has 2 N–H and O–H groups in total. The Hall–Kier alpha value is -2.19. The normalized spacial score (nSPS) is 13.2. The fourth-order valence-electron chi connectivity index (χ4n) is 1.87. The highest BCUT2D eigenvalue weighted by Gasteiger charge is 2.28. The number of hydrogen-bond acceptors (Lipinski definition) is 4. The molecule has 8 heteroatoms. The number of hydrogen-bond donors (Lipinski definition) is 2. The number of para-hydroxylation sites is 1. The first-order chi connectivity index (χ1) is 10.3. The number of rotatable bonds is 6. The van der Waals surface area contributed by atoms with Crippen LogP contribution in [0.1, 0.15) is 13.8 Å². The van der Waals surface area contributed by atoms with E-state index in [4.69, 9.17) is 5.11 Å². The second-order valence-electron chi connectivity index (χ2n) is 5.14. The molecule has 0 saturated carbocycles. The molecule has 0 aliphatic rings. The molecule has 0 amide bonds. The third-order valence-corrected chi connectivity index (χ3v) is 4.50. The van der Waals surface area contributed by atoms with Gasteiger partial charge in [0, 0.05) is 0 Å². The van der Waals surface area contributed by atoms with Gasteiger partial charge in [-0.05, 0) is 18.1 Å². The first kappa shape index (κ1) is 16.2. The Morgan fingerprint density at radius 1 is 1.27 bits per heavy atom. The zero-order valence-electron chi connectivity index (χ0n) is 12.2. The highest BCUT2D eigenvalue weighted by molar-refractivity contribution is 7.89. The molecule has 22 heavy (non-hydrogen) atoms. The maximum atomic E-state index is 12.3. The van der Waals surface area contributed by atoms with E-state index in [1.165, 1.54) is 17.1 Å². The molecule has 1 atom stereocenters. The van der Waals surface area contributed by atoms with Gasteiger partial charge in [0.15, 0.2) is 0 Å². The van der Waals surface area contributed by atoms with Crippen molar-refractivity contribution in [1.82, 2.24) is 14.5 Å². The van der Waals surface area contributed by atoms with Crippen molar-refractivity contribution in [3.63, 3.8) is 0 Å². The summed E-state index contributed by atoms with van der Waals surface area (Å²) in [5.41, 5.74) is 0.711. The van der Waals surface area contributed by atoms with Crippen molar-refractivity contribution in [1.29, 1.82) is 0 Å². The molecule has 2 aromatic rings. The van der Waals surface area contributed by atoms with Crippen LogP contribution in [0, 0.1) is 5.92 Å². The lowest BCUT2D eigenvalue weighted by molar-refractivity contribution is -0.140. The van der Waals surface area contributed by atoms with Gasteiger partial charge in [-0.25, -0.2) is 13.1 Å². The number of carboxylic acid groups (broad SMARTS) is 1. The van der Waals surface area contributed by atoms with Gasteiger partial charge in [-0.2, -0.15) is 9.82 Å². The third kappa shape index (κ3) is 3.52. The number of sulfonamides is 1. The molecule has 0 fully saturated rings. The van der Waals surface area contributed by atoms with Crippen LogP contribution in [0.2, 0.25) is 0 Å². The second kappa shape index (κ2) is 6.29. The van der Waals surface area contributed by atoms with E-state index >= 15 is 0 Å². The molecule has 1 heterocycles. The van der Waals surface area contributed by atoms with Gasteiger partial charge in [-0.15, -0.1) is 0 Å². The first-order valence-electron chi connectivity index (χ1n) is 6.66. The number of aromatic nitrogens is 2. The van der Waals surface area contributed by atoms with E-state index in [1.54, 1.807) is 26.0 Å². The lowest BCUT2D eigenvalue weighted by Gasteiger charge is -2.17. The highest BCUT2D eigenvalue weighted by Crippen LogP contribution is 2.14. The van der Waals surface area contributed by atoms with Gasteiger partial charge < -0.3 is 5.11 Å². The molecule has 0 saturated heterocycles. The van der Waals surface area contributed by atoms with Crippen molar-refractivity contribution in [2.45, 2.75) is 24.8 Å². The summed E-state index contributed by atoms with van der Waals surface area (Å²) in [6.45, 7) is 3.27. The first-order valence-corrected chi connectivity index (χ1v) is 8.15. The molecule has 1 aromatic heterocycles. The summed E-state index contributed by atoms with van der Waals surface area (Å²) >= 11 is 0. The number of aliphatic carboxylic acids is 1. The van der Waals surface area contributed by atoms with Crippen molar-refractivity contribution in [3.05, 3.63) is 42.7 Å². The lowest BCUT2D eigenvalue weighted by atomic mass is 10.1. The number of nitrogens with zero attached hydrogens (tertiary/aromatic N) is 2. The number of benzene rings is 1. The van der Waals surface area contributed by atoms with Crippen LogP contribution >= 0.6 is 0 Å². The summed E-state index contributed by atoms with van der Waals surface area (Å²) < 4.78 is 28.1. The number of carbonyl (C=O) groups is 1. The average molecular weight is 323 g/mol. The van der Waals surface area contributed by atoms with Gasteiger partial charge in [0.25, 0.3) is 0 Å². The summed E-state index contributed by atoms with van der Waals surface area (Å²) in [6.07, 6.45) is 2.53. The van der Waals surface area contributed by atoms with Gasteiger partial charge >= 0.3 is 5.97 Å². The van der Waals surface area contributed by atoms with Gasteiger partial charge in [-0.1, -0.05) is 32.0 Å². The molecule has 0 aliphatic heterocycles. The zero-order chi connectivity index (χ0) is 16.3. The predicted molar refractivity (Wildman–Crippen MR) is 80.1 cm³/mol. The van der Waals surface area contributed by atoms with Crippen LogP contribution in [0.5, 0.6) is 0 Å². The van der Waals surface area contributed by atoms with Crippen LogP contribution in [0.25, 0.3) is 5.69 Å². The minimum atomic E-state index is -3.95. The van der Waals surface area contributed by atoms with Gasteiger partial charge in [-0.3, -0.25) is 4.79 Å². The van der Waals surface area contributed by atoms with E-state index < -0.39 is 22.0 Å². The fraction of sp³-hybridized carbons (Fsp3) is 0.286. The smallest absolute Gasteiger partial charge is 0.322 e. The van der Waals surface area contributed by atoms with Crippen LogP contribution < -0.4 is 4.72 Å². The second-order valence-corrected chi connectivity index (χ2v) is 6.85. The Morgan fingerprint density at radius 2 is 1.91 bits per heavy atom. The van der Waals surface area contributed by atoms with Gasteiger partial charge in [0.1, 0.15) is 10.9 Å². The Balaban J connectivity index is 2.28. The van der Waals surface area contributed by atoms with E-state index in [1.807, 2.05) is 18.2 Å². The van der Waals surface area contributed by atoms with E-state index in [0.29, 0.717) is 5.69 Å². The summed E-state index contributed by atoms with van der Waals surface area (Å²) in [7, 11) is -3.95. The van der Waals surface area contributed by atoms with Crippen LogP contribution in [-0.2, 0) is 14.8 Å². The maximum Gasteiger partial charge on any atom is 0.322 e. The molecule has 0 bridgehead atoms. The van der Waals surface area contributed by atoms with Crippen LogP contribution in [0.3, 0.4) is 0 Å². The Bertz CT molecular complexity index is 753. The third-order valence-electron chi connectivity index (χ3n) is 3.10. The van der Waals surface area contributed by atoms with Crippen molar-refractivity contribution in [2.24, 2.45) is 5.92 Å². The summed E-state index contributed by atoms with van der Waals surface area (Å²) in [4.78, 5) is 11.0. The molecule has 118 valence electrons. The number of nitrogens with one attached hydrogen (secondary N) is 1. The highest BCUT2D eigenvalue weighted by atomic mass is 32.2. The van der Waals surface area contributed by atoms with Crippen molar-refractivity contribution < 1.29 is 18.3 Å². The minimum absolute atomic E-state index is 0.0803. The molecular weight excluding hydrogens is 306 g/mol. The largest absolute Gasteiger partial charge is 0.480 e. The van der Waals surface area contributed by atoms with Crippen molar-refractivity contribution >= 4 is 16.0 Å². The van der Waals surface area contributed by atoms with E-state index in [2.05, 4.69) is 9.82 Å². The summed E-state index contributed by atoms with van der Waals surface area (Å²) in [6, 6.07) is 7.83. The molecule has 0 radical (unpaired) electrons. The molecule has 1 aromatic carbocycles. The minimum Gasteiger partial charge on any atom is -0.480 e. The zero-order valence-corrected chi connectivity index (χ0v) is 13.0. The van der Waals surface area contributed by atoms with Crippen molar-refractivity contribution in [2.75, 3.05) is 0 Å². The molecular formula is C14H17N3O4S. The van der Waals surface area contributed by atoms with Crippen LogP contribution in [0.15, 0.2) is 47.6 Å². The molecule has 0 aliphatic carbocycles. The topological polar surface area (TPSA) is 101 Å². The predicted octanol–water partition coefficient (Wildman–Crippen LogP) is 1.26. The van der Waals surface area contributed by atoms with Gasteiger partial charge in [0.05, 0.1) is 18.1 Å². The summed E-state index contributed by atoms with van der Waals surface area (Å²) in [5.74, 6) is -1.59. The van der Waals surface area contributed by atoms with E-state index in [9.17, 15) is 13.2 Å². The quantitative estimate of drug-likeness (QED) is 0.833.